The average Bonchev–Trinajstić information content (AvgIpc) is 2.57. The highest BCUT2D eigenvalue weighted by Gasteiger charge is 2.29. The van der Waals surface area contributed by atoms with Crippen LogP contribution in [-0.2, 0) is 4.74 Å². The van der Waals surface area contributed by atoms with Crippen LogP contribution in [0.25, 0.3) is 0 Å². The first-order valence-corrected chi connectivity index (χ1v) is 7.81. The third kappa shape index (κ3) is 4.79. The number of morpholine rings is 1. The van der Waals surface area contributed by atoms with Crippen LogP contribution >= 0.6 is 24.0 Å². The molecule has 2 atom stereocenters. The highest BCUT2D eigenvalue weighted by molar-refractivity contribution is 6.32. The Bertz CT molecular complexity index is 727. The highest BCUT2D eigenvalue weighted by atomic mass is 35.5. The SMILES string of the molecule is Cl.Fc1cccc(C(Oc2cc(F)cc(F)c2Cl)[C@@H]2CNCCO2)c1. The van der Waals surface area contributed by atoms with Crippen molar-refractivity contribution in [1.82, 2.24) is 5.32 Å². The fourth-order valence-electron chi connectivity index (χ4n) is 2.58. The number of ether oxygens (including phenoxy) is 2. The van der Waals surface area contributed by atoms with Gasteiger partial charge in [0.1, 0.15) is 34.3 Å². The van der Waals surface area contributed by atoms with E-state index >= 15 is 0 Å². The van der Waals surface area contributed by atoms with Crippen LogP contribution in [0.5, 0.6) is 5.75 Å². The average molecular weight is 394 g/mol. The molecular weight excluding hydrogens is 378 g/mol. The Morgan fingerprint density at radius 3 is 2.64 bits per heavy atom. The molecule has 8 heteroatoms. The molecule has 1 fully saturated rings. The first kappa shape index (κ1) is 19.8. The van der Waals surface area contributed by atoms with Gasteiger partial charge in [0.2, 0.25) is 0 Å². The summed E-state index contributed by atoms with van der Waals surface area (Å²) >= 11 is 5.87. The Balaban J connectivity index is 0.00000225. The molecule has 0 saturated carbocycles. The monoisotopic (exact) mass is 393 g/mol. The second-order valence-electron chi connectivity index (χ2n) is 5.41. The van der Waals surface area contributed by atoms with E-state index in [-0.39, 0.29) is 23.2 Å². The Morgan fingerprint density at radius 1 is 1.16 bits per heavy atom. The highest BCUT2D eigenvalue weighted by Crippen LogP contribution is 2.34. The number of rotatable bonds is 4. The number of nitrogens with one attached hydrogen (secondary N) is 1. The lowest BCUT2D eigenvalue weighted by Gasteiger charge is -2.32. The van der Waals surface area contributed by atoms with E-state index in [0.29, 0.717) is 31.3 Å². The molecule has 136 valence electrons. The van der Waals surface area contributed by atoms with Gasteiger partial charge in [-0.2, -0.15) is 0 Å². The largest absolute Gasteiger partial charge is 0.481 e. The van der Waals surface area contributed by atoms with E-state index in [4.69, 9.17) is 21.1 Å². The molecule has 2 aromatic rings. The van der Waals surface area contributed by atoms with Crippen LogP contribution in [0.15, 0.2) is 36.4 Å². The summed E-state index contributed by atoms with van der Waals surface area (Å²) in [6.45, 7) is 1.59. The van der Waals surface area contributed by atoms with Crippen molar-refractivity contribution >= 4 is 24.0 Å². The molecule has 0 radical (unpaired) electrons. The van der Waals surface area contributed by atoms with Gasteiger partial charge in [-0.25, -0.2) is 13.2 Å². The summed E-state index contributed by atoms with van der Waals surface area (Å²) in [5.74, 6) is -2.33. The predicted molar refractivity (Wildman–Crippen MR) is 91.0 cm³/mol. The van der Waals surface area contributed by atoms with E-state index < -0.39 is 29.7 Å². The molecule has 1 N–H and O–H groups in total. The molecule has 1 heterocycles. The van der Waals surface area contributed by atoms with Crippen molar-refractivity contribution in [3.63, 3.8) is 0 Å². The number of halogens is 5. The van der Waals surface area contributed by atoms with Gasteiger partial charge in [0.05, 0.1) is 6.61 Å². The van der Waals surface area contributed by atoms with Gasteiger partial charge in [0, 0.05) is 25.2 Å². The maximum atomic E-state index is 13.6. The summed E-state index contributed by atoms with van der Waals surface area (Å²) in [5, 5.41) is 2.81. The first-order valence-electron chi connectivity index (χ1n) is 7.43. The Labute approximate surface area is 154 Å². The minimum Gasteiger partial charge on any atom is -0.481 e. The van der Waals surface area contributed by atoms with E-state index in [1.165, 1.54) is 18.2 Å². The second kappa shape index (κ2) is 8.76. The second-order valence-corrected chi connectivity index (χ2v) is 5.78. The molecule has 2 aromatic carbocycles. The maximum Gasteiger partial charge on any atom is 0.151 e. The molecule has 25 heavy (non-hydrogen) atoms. The quantitative estimate of drug-likeness (QED) is 0.786. The van der Waals surface area contributed by atoms with E-state index in [9.17, 15) is 13.2 Å². The minimum atomic E-state index is -0.924. The standard InChI is InChI=1S/C17H15ClF3NO2.ClH/c18-16-13(21)7-12(20)8-14(16)24-17(15-9-22-4-5-23-15)10-2-1-3-11(19)6-10;/h1-3,6-8,15,17,22H,4-5,9H2;1H/t15-,17?;/m0./s1. The third-order valence-electron chi connectivity index (χ3n) is 3.68. The van der Waals surface area contributed by atoms with Gasteiger partial charge in [-0.05, 0) is 17.7 Å². The minimum absolute atomic E-state index is 0. The molecule has 0 spiro atoms. The lowest BCUT2D eigenvalue weighted by molar-refractivity contribution is -0.0434. The third-order valence-corrected chi connectivity index (χ3v) is 4.05. The summed E-state index contributed by atoms with van der Waals surface area (Å²) in [6.07, 6.45) is -1.23. The molecule has 1 aliphatic rings. The van der Waals surface area contributed by atoms with E-state index in [2.05, 4.69) is 5.32 Å². The van der Waals surface area contributed by atoms with Gasteiger partial charge in [0.25, 0.3) is 0 Å². The first-order chi connectivity index (χ1) is 11.5. The van der Waals surface area contributed by atoms with E-state index in [0.717, 1.165) is 6.07 Å². The zero-order chi connectivity index (χ0) is 17.1. The van der Waals surface area contributed by atoms with Gasteiger partial charge < -0.3 is 14.8 Å². The van der Waals surface area contributed by atoms with Crippen LogP contribution in [0, 0.1) is 17.5 Å². The normalized spacial score (nSPS) is 18.3. The molecule has 1 saturated heterocycles. The Morgan fingerprint density at radius 2 is 1.96 bits per heavy atom. The van der Waals surface area contributed by atoms with Gasteiger partial charge in [-0.1, -0.05) is 23.7 Å². The summed E-state index contributed by atoms with van der Waals surface area (Å²) in [7, 11) is 0. The summed E-state index contributed by atoms with van der Waals surface area (Å²) < 4.78 is 52.1. The number of hydrogen-bond acceptors (Lipinski definition) is 3. The van der Waals surface area contributed by atoms with Crippen molar-refractivity contribution in [3.05, 3.63) is 64.4 Å². The van der Waals surface area contributed by atoms with Crippen molar-refractivity contribution in [1.29, 1.82) is 0 Å². The van der Waals surface area contributed by atoms with Crippen LogP contribution in [-0.4, -0.2) is 25.8 Å². The fraction of sp³-hybridized carbons (Fsp3) is 0.294. The smallest absolute Gasteiger partial charge is 0.151 e. The zero-order valence-electron chi connectivity index (χ0n) is 13.0. The topological polar surface area (TPSA) is 30.5 Å². The van der Waals surface area contributed by atoms with E-state index in [1.54, 1.807) is 6.07 Å². The van der Waals surface area contributed by atoms with E-state index in [1.807, 2.05) is 0 Å². The van der Waals surface area contributed by atoms with Crippen LogP contribution < -0.4 is 10.1 Å². The Kier molecular flexibility index (Phi) is 6.95. The lowest BCUT2D eigenvalue weighted by atomic mass is 10.0. The molecular formula is C17H16Cl2F3NO2. The summed E-state index contributed by atoms with van der Waals surface area (Å²) in [4.78, 5) is 0. The van der Waals surface area contributed by atoms with Crippen LogP contribution in [0.4, 0.5) is 13.2 Å². The molecule has 1 aliphatic heterocycles. The van der Waals surface area contributed by atoms with Gasteiger partial charge in [0.15, 0.2) is 6.10 Å². The molecule has 0 bridgehead atoms. The predicted octanol–water partition coefficient (Wildman–Crippen LogP) is 4.29. The number of benzene rings is 2. The van der Waals surface area contributed by atoms with Crippen molar-refractivity contribution in [2.45, 2.75) is 12.2 Å². The molecule has 3 rings (SSSR count). The van der Waals surface area contributed by atoms with Gasteiger partial charge in [-0.15, -0.1) is 12.4 Å². The van der Waals surface area contributed by atoms with Crippen LogP contribution in [0.3, 0.4) is 0 Å². The number of hydrogen-bond donors (Lipinski definition) is 1. The summed E-state index contributed by atoms with van der Waals surface area (Å²) in [6, 6.07) is 7.46. The van der Waals surface area contributed by atoms with Crippen molar-refractivity contribution in [3.8, 4) is 5.75 Å². The summed E-state index contributed by atoms with van der Waals surface area (Å²) in [5.41, 5.74) is 0.490. The molecule has 0 aromatic heterocycles. The van der Waals surface area contributed by atoms with Crippen molar-refractivity contribution in [2.75, 3.05) is 19.7 Å². The molecule has 0 aliphatic carbocycles. The fourth-order valence-corrected chi connectivity index (χ4v) is 2.73. The van der Waals surface area contributed by atoms with Gasteiger partial charge in [-0.3, -0.25) is 0 Å². The molecule has 1 unspecified atom stereocenters. The van der Waals surface area contributed by atoms with Gasteiger partial charge >= 0.3 is 0 Å². The van der Waals surface area contributed by atoms with Crippen LogP contribution in [0.1, 0.15) is 11.7 Å². The van der Waals surface area contributed by atoms with Crippen molar-refractivity contribution < 1.29 is 22.6 Å². The van der Waals surface area contributed by atoms with Crippen LogP contribution in [0.2, 0.25) is 5.02 Å². The Hall–Kier alpha value is -1.47. The molecule has 0 amide bonds. The molecule has 3 nitrogen and oxygen atoms in total. The zero-order valence-corrected chi connectivity index (χ0v) is 14.5. The lowest BCUT2D eigenvalue weighted by Crippen LogP contribution is -2.43. The van der Waals surface area contributed by atoms with Crippen molar-refractivity contribution in [2.24, 2.45) is 0 Å². The maximum absolute atomic E-state index is 13.6.